The Morgan fingerprint density at radius 3 is 2.67 bits per heavy atom. The topological polar surface area (TPSA) is 32.3 Å². The number of carbonyl (C=O) groups excluding carboxylic acids is 1. The monoisotopic (exact) mass is 246 g/mol. The van der Waals surface area contributed by atoms with E-state index in [0.29, 0.717) is 18.4 Å². The lowest BCUT2D eigenvalue weighted by atomic mass is 9.87. The van der Waals surface area contributed by atoms with E-state index in [2.05, 4.69) is 29.6 Å². The van der Waals surface area contributed by atoms with Crippen LogP contribution in [-0.2, 0) is 4.79 Å². The summed E-state index contributed by atoms with van der Waals surface area (Å²) in [5.74, 6) is 0.501. The van der Waals surface area contributed by atoms with Crippen molar-refractivity contribution < 1.29 is 4.79 Å². The van der Waals surface area contributed by atoms with E-state index >= 15 is 0 Å². The minimum Gasteiger partial charge on any atom is -0.349 e. The van der Waals surface area contributed by atoms with Gasteiger partial charge in [-0.05, 0) is 24.9 Å². The zero-order valence-corrected chi connectivity index (χ0v) is 11.2. The third kappa shape index (κ3) is 3.10. The quantitative estimate of drug-likeness (QED) is 0.881. The summed E-state index contributed by atoms with van der Waals surface area (Å²) in [5.41, 5.74) is 1.27. The first kappa shape index (κ1) is 13.1. The maximum atomic E-state index is 12.0. The Balaban J connectivity index is 2.15. The summed E-state index contributed by atoms with van der Waals surface area (Å²) in [6.45, 7) is 1.07. The van der Waals surface area contributed by atoms with Gasteiger partial charge in [-0.15, -0.1) is 0 Å². The molecule has 0 spiro atoms. The number of rotatable bonds is 4. The molecule has 1 amide bonds. The summed E-state index contributed by atoms with van der Waals surface area (Å²) in [5, 5.41) is 3.53. The fourth-order valence-electron chi connectivity index (χ4n) is 2.62. The molecule has 3 heteroatoms. The van der Waals surface area contributed by atoms with Crippen LogP contribution in [-0.4, -0.2) is 37.5 Å². The van der Waals surface area contributed by atoms with Gasteiger partial charge in [0.05, 0.1) is 0 Å². The number of nitrogens with zero attached hydrogens (tertiary/aromatic N) is 1. The molecule has 1 aromatic carbocycles. The van der Waals surface area contributed by atoms with E-state index in [9.17, 15) is 4.79 Å². The van der Waals surface area contributed by atoms with Gasteiger partial charge in [-0.2, -0.15) is 0 Å². The SMILES string of the molecule is CN(C)C(=O)C[C@@H](c1ccccc1)[C@@H]1CCCN1. The zero-order valence-electron chi connectivity index (χ0n) is 11.2. The van der Waals surface area contributed by atoms with Gasteiger partial charge in [0.25, 0.3) is 0 Å². The molecule has 0 radical (unpaired) electrons. The minimum atomic E-state index is 0.206. The molecule has 0 saturated carbocycles. The Morgan fingerprint density at radius 1 is 1.39 bits per heavy atom. The van der Waals surface area contributed by atoms with Crippen molar-refractivity contribution in [2.24, 2.45) is 0 Å². The van der Waals surface area contributed by atoms with Crippen molar-refractivity contribution in [3.63, 3.8) is 0 Å². The molecule has 1 aromatic rings. The van der Waals surface area contributed by atoms with E-state index in [1.807, 2.05) is 20.2 Å². The second-order valence-electron chi connectivity index (χ2n) is 5.21. The molecule has 2 atom stereocenters. The van der Waals surface area contributed by atoms with Gasteiger partial charge >= 0.3 is 0 Å². The van der Waals surface area contributed by atoms with Crippen LogP contribution in [0.5, 0.6) is 0 Å². The van der Waals surface area contributed by atoms with Crippen molar-refractivity contribution in [1.29, 1.82) is 0 Å². The molecule has 0 unspecified atom stereocenters. The smallest absolute Gasteiger partial charge is 0.222 e. The number of benzene rings is 1. The number of hydrogen-bond acceptors (Lipinski definition) is 2. The predicted octanol–water partition coefficient (Wildman–Crippen LogP) is 2.00. The molecule has 0 aliphatic carbocycles. The molecule has 18 heavy (non-hydrogen) atoms. The first-order chi connectivity index (χ1) is 8.68. The van der Waals surface area contributed by atoms with Crippen LogP contribution in [0.2, 0.25) is 0 Å². The lowest BCUT2D eigenvalue weighted by Gasteiger charge is -2.25. The van der Waals surface area contributed by atoms with E-state index in [1.165, 1.54) is 18.4 Å². The molecule has 1 aliphatic rings. The van der Waals surface area contributed by atoms with Gasteiger partial charge < -0.3 is 10.2 Å². The van der Waals surface area contributed by atoms with E-state index in [0.717, 1.165) is 6.54 Å². The molecule has 1 fully saturated rings. The highest BCUT2D eigenvalue weighted by atomic mass is 16.2. The highest BCUT2D eigenvalue weighted by molar-refractivity contribution is 5.76. The van der Waals surface area contributed by atoms with Crippen molar-refractivity contribution in [2.75, 3.05) is 20.6 Å². The molecule has 98 valence electrons. The maximum absolute atomic E-state index is 12.0. The van der Waals surface area contributed by atoms with Crippen molar-refractivity contribution in [3.8, 4) is 0 Å². The second-order valence-corrected chi connectivity index (χ2v) is 5.21. The lowest BCUT2D eigenvalue weighted by Crippen LogP contribution is -2.33. The van der Waals surface area contributed by atoms with Gasteiger partial charge in [-0.1, -0.05) is 30.3 Å². The largest absolute Gasteiger partial charge is 0.349 e. The fourth-order valence-corrected chi connectivity index (χ4v) is 2.62. The van der Waals surface area contributed by atoms with E-state index in [1.54, 1.807) is 4.90 Å². The van der Waals surface area contributed by atoms with Crippen molar-refractivity contribution in [3.05, 3.63) is 35.9 Å². The van der Waals surface area contributed by atoms with Gasteiger partial charge in [0.2, 0.25) is 5.91 Å². The lowest BCUT2D eigenvalue weighted by molar-refractivity contribution is -0.129. The minimum absolute atomic E-state index is 0.206. The van der Waals surface area contributed by atoms with Crippen LogP contribution < -0.4 is 5.32 Å². The van der Waals surface area contributed by atoms with Crippen LogP contribution >= 0.6 is 0 Å². The molecule has 0 bridgehead atoms. The highest BCUT2D eigenvalue weighted by Gasteiger charge is 2.28. The number of hydrogen-bond donors (Lipinski definition) is 1. The number of carbonyl (C=O) groups is 1. The molecule has 1 heterocycles. The molecule has 1 saturated heterocycles. The Morgan fingerprint density at radius 2 is 2.11 bits per heavy atom. The predicted molar refractivity (Wildman–Crippen MR) is 73.5 cm³/mol. The molecular weight excluding hydrogens is 224 g/mol. The van der Waals surface area contributed by atoms with Crippen LogP contribution in [0.25, 0.3) is 0 Å². The molecule has 0 aromatic heterocycles. The third-order valence-corrected chi connectivity index (χ3v) is 3.71. The van der Waals surface area contributed by atoms with Gasteiger partial charge in [0, 0.05) is 32.5 Å². The van der Waals surface area contributed by atoms with Crippen molar-refractivity contribution in [2.45, 2.75) is 31.2 Å². The van der Waals surface area contributed by atoms with Crippen molar-refractivity contribution >= 4 is 5.91 Å². The molecule has 2 rings (SSSR count). The normalized spacial score (nSPS) is 20.7. The highest BCUT2D eigenvalue weighted by Crippen LogP contribution is 2.28. The van der Waals surface area contributed by atoms with Crippen LogP contribution in [0.1, 0.15) is 30.7 Å². The Kier molecular flexibility index (Phi) is 4.37. The summed E-state index contributed by atoms with van der Waals surface area (Å²) in [7, 11) is 3.65. The average Bonchev–Trinajstić information content (AvgIpc) is 2.90. The summed E-state index contributed by atoms with van der Waals surface area (Å²) in [4.78, 5) is 13.7. The molecule has 1 aliphatic heterocycles. The van der Waals surface area contributed by atoms with Crippen LogP contribution in [0.15, 0.2) is 30.3 Å². The summed E-state index contributed by atoms with van der Waals surface area (Å²) >= 11 is 0. The third-order valence-electron chi connectivity index (χ3n) is 3.71. The van der Waals surface area contributed by atoms with Crippen LogP contribution in [0.3, 0.4) is 0 Å². The molecule has 1 N–H and O–H groups in total. The number of nitrogens with one attached hydrogen (secondary N) is 1. The Labute approximate surface area is 109 Å². The van der Waals surface area contributed by atoms with Gasteiger partial charge in [0.15, 0.2) is 0 Å². The van der Waals surface area contributed by atoms with E-state index in [-0.39, 0.29) is 5.91 Å². The molecular formula is C15H22N2O. The van der Waals surface area contributed by atoms with Gasteiger partial charge in [-0.25, -0.2) is 0 Å². The summed E-state index contributed by atoms with van der Waals surface area (Å²) in [6.07, 6.45) is 2.97. The van der Waals surface area contributed by atoms with Gasteiger partial charge in [0.1, 0.15) is 0 Å². The first-order valence-corrected chi connectivity index (χ1v) is 6.67. The van der Waals surface area contributed by atoms with Crippen LogP contribution in [0.4, 0.5) is 0 Å². The summed E-state index contributed by atoms with van der Waals surface area (Å²) < 4.78 is 0. The van der Waals surface area contributed by atoms with Gasteiger partial charge in [-0.3, -0.25) is 4.79 Å². The first-order valence-electron chi connectivity index (χ1n) is 6.67. The zero-order chi connectivity index (χ0) is 13.0. The van der Waals surface area contributed by atoms with Crippen LogP contribution in [0, 0.1) is 0 Å². The Hall–Kier alpha value is -1.35. The number of amides is 1. The summed E-state index contributed by atoms with van der Waals surface area (Å²) in [6, 6.07) is 10.8. The Bertz CT molecular complexity index is 383. The second kappa shape index (κ2) is 6.01. The fraction of sp³-hybridized carbons (Fsp3) is 0.533. The standard InChI is InChI=1S/C15H22N2O/c1-17(2)15(18)11-13(14-9-6-10-16-14)12-7-4-3-5-8-12/h3-5,7-8,13-14,16H,6,9-11H2,1-2H3/t13-,14-/m0/s1. The van der Waals surface area contributed by atoms with E-state index in [4.69, 9.17) is 0 Å². The van der Waals surface area contributed by atoms with Crippen molar-refractivity contribution in [1.82, 2.24) is 10.2 Å². The average molecular weight is 246 g/mol. The molecule has 3 nitrogen and oxygen atoms in total. The maximum Gasteiger partial charge on any atom is 0.222 e. The van der Waals surface area contributed by atoms with E-state index < -0.39 is 0 Å².